The van der Waals surface area contributed by atoms with E-state index in [1.54, 1.807) is 48.2 Å². The Morgan fingerprint density at radius 3 is 2.47 bits per heavy atom. The van der Waals surface area contributed by atoms with Crippen LogP contribution in [0.25, 0.3) is 10.9 Å². The molecule has 1 aromatic heterocycles. The van der Waals surface area contributed by atoms with Gasteiger partial charge in [-0.25, -0.2) is 18.9 Å². The molecule has 7 nitrogen and oxygen atoms in total. The van der Waals surface area contributed by atoms with Crippen LogP contribution < -0.4 is 4.90 Å². The van der Waals surface area contributed by atoms with Crippen LogP contribution in [0, 0.1) is 5.82 Å². The summed E-state index contributed by atoms with van der Waals surface area (Å²) in [4.78, 5) is 45.7. The lowest BCUT2D eigenvalue weighted by Crippen LogP contribution is -2.44. The number of rotatable bonds is 4. The molecule has 0 bridgehead atoms. The first-order valence-electron chi connectivity index (χ1n) is 11.8. The van der Waals surface area contributed by atoms with E-state index in [0.29, 0.717) is 23.2 Å². The number of aromatic nitrogens is 1. The molecule has 3 amide bonds. The molecule has 3 heterocycles. The summed E-state index contributed by atoms with van der Waals surface area (Å²) >= 11 is 0. The Balaban J connectivity index is 1.44. The maximum Gasteiger partial charge on any atom is 0.338 e. The number of imide groups is 1. The molecule has 6 rings (SSSR count). The van der Waals surface area contributed by atoms with Crippen molar-refractivity contribution < 1.29 is 23.5 Å². The van der Waals surface area contributed by atoms with Crippen molar-refractivity contribution in [1.29, 1.82) is 0 Å². The van der Waals surface area contributed by atoms with E-state index in [0.717, 1.165) is 27.1 Å². The smallest absolute Gasteiger partial charge is 0.338 e. The van der Waals surface area contributed by atoms with Crippen molar-refractivity contribution in [2.24, 2.45) is 0 Å². The molecule has 2 atom stereocenters. The predicted molar refractivity (Wildman–Crippen MR) is 131 cm³/mol. The summed E-state index contributed by atoms with van der Waals surface area (Å²) in [5.41, 5.74) is 4.13. The molecule has 0 spiro atoms. The summed E-state index contributed by atoms with van der Waals surface area (Å²) < 4.78 is 18.8. The number of nitrogens with one attached hydrogen (secondary N) is 1. The number of para-hydroxylation sites is 1. The first-order valence-corrected chi connectivity index (χ1v) is 11.8. The number of amides is 3. The van der Waals surface area contributed by atoms with E-state index in [4.69, 9.17) is 4.74 Å². The van der Waals surface area contributed by atoms with Gasteiger partial charge in [-0.05, 0) is 60.5 Å². The number of carbonyl (C=O) groups is 3. The Labute approximate surface area is 206 Å². The van der Waals surface area contributed by atoms with Crippen molar-refractivity contribution in [3.8, 4) is 0 Å². The Morgan fingerprint density at radius 2 is 1.75 bits per heavy atom. The molecule has 0 saturated carbocycles. The van der Waals surface area contributed by atoms with E-state index in [9.17, 15) is 18.8 Å². The van der Waals surface area contributed by atoms with Crippen LogP contribution in [0.15, 0.2) is 72.8 Å². The van der Waals surface area contributed by atoms with Gasteiger partial charge in [-0.15, -0.1) is 0 Å². The fraction of sp³-hybridized carbons (Fsp3) is 0.179. The van der Waals surface area contributed by atoms with Gasteiger partial charge in [0.25, 0.3) is 5.91 Å². The number of anilines is 1. The van der Waals surface area contributed by atoms with E-state index < -0.39 is 24.1 Å². The van der Waals surface area contributed by atoms with Gasteiger partial charge >= 0.3 is 12.0 Å². The van der Waals surface area contributed by atoms with Crippen LogP contribution >= 0.6 is 0 Å². The standard InChI is InChI=1S/C28H22FN3O4/c1-2-36-27(34)17-9-13-19(14-10-17)31-26(33)23-15-21-20-5-3-4-6-22(20)30-24(21)25(32(23)28(31)35)16-7-11-18(29)12-8-16/h3-14,23,25,30H,2,15H2,1H3/t23-,25+/m1/s1. The number of halogens is 1. The normalized spacial score (nSPS) is 18.9. The molecular formula is C28H22FN3O4. The Kier molecular flexibility index (Phi) is 5.10. The summed E-state index contributed by atoms with van der Waals surface area (Å²) in [5.74, 6) is -1.19. The van der Waals surface area contributed by atoms with Gasteiger partial charge in [0.2, 0.25) is 0 Å². The monoisotopic (exact) mass is 483 g/mol. The molecule has 180 valence electrons. The van der Waals surface area contributed by atoms with Crippen LogP contribution in [0.2, 0.25) is 0 Å². The van der Waals surface area contributed by atoms with Crippen LogP contribution in [0.3, 0.4) is 0 Å². The lowest BCUT2D eigenvalue weighted by Gasteiger charge is -2.36. The first-order chi connectivity index (χ1) is 17.5. The number of ether oxygens (including phenoxy) is 1. The minimum absolute atomic E-state index is 0.250. The maximum absolute atomic E-state index is 13.8. The number of nitrogens with zero attached hydrogens (tertiary/aromatic N) is 2. The van der Waals surface area contributed by atoms with Gasteiger partial charge in [-0.2, -0.15) is 0 Å². The van der Waals surface area contributed by atoms with Crippen LogP contribution in [-0.2, 0) is 16.0 Å². The van der Waals surface area contributed by atoms with Gasteiger partial charge in [0, 0.05) is 23.0 Å². The predicted octanol–water partition coefficient (Wildman–Crippen LogP) is 4.97. The molecule has 1 fully saturated rings. The SMILES string of the molecule is CCOC(=O)c1ccc(N2C(=O)[C@H]3Cc4c([nH]c5ccccc45)[C@H](c4ccc(F)cc4)N3C2=O)cc1. The van der Waals surface area contributed by atoms with E-state index in [1.165, 1.54) is 12.1 Å². The molecular weight excluding hydrogens is 461 g/mol. The molecule has 0 unspecified atom stereocenters. The Bertz CT molecular complexity index is 1510. The van der Waals surface area contributed by atoms with Crippen molar-refractivity contribution in [1.82, 2.24) is 9.88 Å². The summed E-state index contributed by atoms with van der Waals surface area (Å²) in [6.45, 7) is 1.97. The van der Waals surface area contributed by atoms with Crippen molar-refractivity contribution in [2.75, 3.05) is 11.5 Å². The number of esters is 1. The van der Waals surface area contributed by atoms with E-state index in [2.05, 4.69) is 4.98 Å². The molecule has 0 aliphatic carbocycles. The van der Waals surface area contributed by atoms with Gasteiger partial charge in [0.1, 0.15) is 17.9 Å². The zero-order valence-corrected chi connectivity index (χ0v) is 19.4. The number of hydrogen-bond donors (Lipinski definition) is 1. The highest BCUT2D eigenvalue weighted by molar-refractivity contribution is 6.22. The van der Waals surface area contributed by atoms with Crippen LogP contribution in [-0.4, -0.2) is 40.4 Å². The Hall–Kier alpha value is -4.46. The molecule has 2 aliphatic rings. The summed E-state index contributed by atoms with van der Waals surface area (Å²) in [5, 5.41) is 0.997. The topological polar surface area (TPSA) is 82.7 Å². The number of fused-ring (bicyclic) bond motifs is 4. The van der Waals surface area contributed by atoms with Crippen molar-refractivity contribution in [3.05, 3.63) is 101 Å². The Morgan fingerprint density at radius 1 is 1.03 bits per heavy atom. The summed E-state index contributed by atoms with van der Waals surface area (Å²) in [7, 11) is 0. The summed E-state index contributed by atoms with van der Waals surface area (Å²) in [6, 6.07) is 18.3. The van der Waals surface area contributed by atoms with Crippen molar-refractivity contribution in [3.63, 3.8) is 0 Å². The number of aromatic amines is 1. The van der Waals surface area contributed by atoms with Gasteiger partial charge in [0.15, 0.2) is 0 Å². The maximum atomic E-state index is 13.8. The van der Waals surface area contributed by atoms with E-state index in [-0.39, 0.29) is 18.3 Å². The molecule has 2 aliphatic heterocycles. The van der Waals surface area contributed by atoms with Crippen LogP contribution in [0.5, 0.6) is 0 Å². The number of benzene rings is 3. The average Bonchev–Trinajstić information content (AvgIpc) is 3.38. The lowest BCUT2D eigenvalue weighted by atomic mass is 9.89. The third-order valence-corrected chi connectivity index (χ3v) is 6.87. The minimum Gasteiger partial charge on any atom is -0.462 e. The third-order valence-electron chi connectivity index (χ3n) is 6.87. The number of hydrogen-bond acceptors (Lipinski definition) is 4. The zero-order chi connectivity index (χ0) is 25.0. The highest BCUT2D eigenvalue weighted by atomic mass is 19.1. The van der Waals surface area contributed by atoms with Gasteiger partial charge in [0.05, 0.1) is 17.9 Å². The average molecular weight is 483 g/mol. The fourth-order valence-electron chi connectivity index (χ4n) is 5.26. The number of urea groups is 1. The van der Waals surface area contributed by atoms with Crippen LogP contribution in [0.1, 0.15) is 40.1 Å². The number of H-pyrrole nitrogens is 1. The molecule has 4 aromatic rings. The molecule has 3 aromatic carbocycles. The second-order valence-corrected chi connectivity index (χ2v) is 8.87. The minimum atomic E-state index is -0.719. The highest BCUT2D eigenvalue weighted by Crippen LogP contribution is 2.44. The van der Waals surface area contributed by atoms with Crippen molar-refractivity contribution in [2.45, 2.75) is 25.4 Å². The summed E-state index contributed by atoms with van der Waals surface area (Å²) in [6.07, 6.45) is 0.360. The molecule has 8 heteroatoms. The van der Waals surface area contributed by atoms with Gasteiger partial charge < -0.3 is 9.72 Å². The highest BCUT2D eigenvalue weighted by Gasteiger charge is 2.53. The van der Waals surface area contributed by atoms with Crippen molar-refractivity contribution >= 4 is 34.5 Å². The van der Waals surface area contributed by atoms with E-state index in [1.807, 2.05) is 24.3 Å². The number of carbonyl (C=O) groups excluding carboxylic acids is 3. The van der Waals surface area contributed by atoms with E-state index >= 15 is 0 Å². The molecule has 1 saturated heterocycles. The molecule has 36 heavy (non-hydrogen) atoms. The largest absolute Gasteiger partial charge is 0.462 e. The molecule has 0 radical (unpaired) electrons. The second-order valence-electron chi connectivity index (χ2n) is 8.87. The quantitative estimate of drug-likeness (QED) is 0.328. The first kappa shape index (κ1) is 22.0. The second kappa shape index (κ2) is 8.34. The van der Waals surface area contributed by atoms with Gasteiger partial charge in [-0.3, -0.25) is 9.69 Å². The lowest BCUT2D eigenvalue weighted by molar-refractivity contribution is -0.120. The third kappa shape index (κ3) is 3.29. The molecule has 1 N–H and O–H groups in total. The van der Waals surface area contributed by atoms with Gasteiger partial charge in [-0.1, -0.05) is 30.3 Å². The van der Waals surface area contributed by atoms with Crippen LogP contribution in [0.4, 0.5) is 14.9 Å². The fourth-order valence-corrected chi connectivity index (χ4v) is 5.26. The zero-order valence-electron chi connectivity index (χ0n) is 19.4.